The number of carbonyl (C=O) groups excluding carboxylic acids is 1. The smallest absolute Gasteiger partial charge is 0.170 e. The lowest BCUT2D eigenvalue weighted by atomic mass is 10.2. The van der Waals surface area contributed by atoms with Crippen LogP contribution < -0.4 is 0 Å². The van der Waals surface area contributed by atoms with Gasteiger partial charge in [0.25, 0.3) is 0 Å². The van der Waals surface area contributed by atoms with Crippen LogP contribution in [-0.2, 0) is 0 Å². The van der Waals surface area contributed by atoms with Crippen LogP contribution in [0.1, 0.15) is 10.4 Å². The van der Waals surface area contributed by atoms with Crippen molar-refractivity contribution in [3.8, 4) is 0 Å². The second kappa shape index (κ2) is 4.31. The fourth-order valence-corrected chi connectivity index (χ4v) is 1.76. The van der Waals surface area contributed by atoms with Crippen LogP contribution in [0.3, 0.4) is 0 Å². The van der Waals surface area contributed by atoms with Crippen molar-refractivity contribution in [3.05, 3.63) is 35.9 Å². The number of thiol groups is 1. The van der Waals surface area contributed by atoms with E-state index >= 15 is 0 Å². The Bertz CT molecular complexity index is 254. The van der Waals surface area contributed by atoms with Gasteiger partial charge in [0.05, 0.1) is 0 Å². The summed E-state index contributed by atoms with van der Waals surface area (Å²) in [6.45, 7) is 0. The number of hydrogen-bond donors (Lipinski definition) is 1. The molecule has 0 aliphatic carbocycles. The van der Waals surface area contributed by atoms with Gasteiger partial charge in [0.15, 0.2) is 5.78 Å². The first-order valence-corrected chi connectivity index (χ1v) is 6.35. The van der Waals surface area contributed by atoms with E-state index in [9.17, 15) is 4.79 Å². The SMILES string of the molecule is C[SH](C)CC(=O)c1ccccc1. The lowest BCUT2D eigenvalue weighted by Crippen LogP contribution is -2.04. The average Bonchev–Trinajstić information content (AvgIpc) is 2.05. The highest BCUT2D eigenvalue weighted by Crippen LogP contribution is 2.15. The zero-order valence-electron chi connectivity index (χ0n) is 7.45. The maximum atomic E-state index is 11.5. The summed E-state index contributed by atoms with van der Waals surface area (Å²) in [6.07, 6.45) is 4.24. The standard InChI is InChI=1S/C10H14OS/c1-12(2)8-10(11)9-6-4-3-5-7-9/h3-7,12H,8H2,1-2H3. The molecular weight excluding hydrogens is 168 g/mol. The van der Waals surface area contributed by atoms with Crippen molar-refractivity contribution in [1.29, 1.82) is 0 Å². The Hall–Kier alpha value is -0.760. The lowest BCUT2D eigenvalue weighted by molar-refractivity contribution is 0.102. The number of hydrogen-bond acceptors (Lipinski definition) is 1. The number of Topliss-reactive ketones (excluding diaryl/α,β-unsaturated/α-hetero) is 1. The number of carbonyl (C=O) groups is 1. The Morgan fingerprint density at radius 1 is 1.25 bits per heavy atom. The number of rotatable bonds is 3. The van der Waals surface area contributed by atoms with Gasteiger partial charge in [0.1, 0.15) is 0 Å². The third-order valence-electron chi connectivity index (χ3n) is 1.56. The minimum absolute atomic E-state index is 0.113. The summed E-state index contributed by atoms with van der Waals surface area (Å²) in [5, 5.41) is 0. The lowest BCUT2D eigenvalue weighted by Gasteiger charge is -2.06. The molecule has 0 saturated heterocycles. The molecule has 0 aliphatic heterocycles. The third kappa shape index (κ3) is 2.70. The maximum Gasteiger partial charge on any atom is 0.170 e. The molecule has 0 spiro atoms. The summed E-state index contributed by atoms with van der Waals surface area (Å²) < 4.78 is 0. The summed E-state index contributed by atoms with van der Waals surface area (Å²) >= 11 is 0. The molecule has 1 aromatic carbocycles. The van der Waals surface area contributed by atoms with Gasteiger partial charge in [0.2, 0.25) is 0 Å². The van der Waals surface area contributed by atoms with Crippen molar-refractivity contribution < 1.29 is 4.79 Å². The summed E-state index contributed by atoms with van der Waals surface area (Å²) in [5.41, 5.74) is 0.841. The molecule has 66 valence electrons. The molecule has 2 heteroatoms. The number of benzene rings is 1. The molecule has 12 heavy (non-hydrogen) atoms. The molecule has 0 fully saturated rings. The highest BCUT2D eigenvalue weighted by molar-refractivity contribution is 8.16. The summed E-state index contributed by atoms with van der Waals surface area (Å²) in [7, 11) is -0.113. The van der Waals surface area contributed by atoms with Crippen molar-refractivity contribution in [2.45, 2.75) is 0 Å². The molecule has 0 aromatic heterocycles. The molecule has 0 amide bonds. The van der Waals surface area contributed by atoms with Crippen molar-refractivity contribution >= 4 is 16.7 Å². The molecule has 0 radical (unpaired) electrons. The first-order valence-electron chi connectivity index (χ1n) is 3.93. The summed E-state index contributed by atoms with van der Waals surface area (Å²) in [5.74, 6) is 0.978. The average molecular weight is 182 g/mol. The molecule has 0 N–H and O–H groups in total. The van der Waals surface area contributed by atoms with Crippen LogP contribution in [0.2, 0.25) is 0 Å². The molecule has 0 atom stereocenters. The Morgan fingerprint density at radius 2 is 1.83 bits per heavy atom. The van der Waals surface area contributed by atoms with Crippen LogP contribution in [0, 0.1) is 0 Å². The molecule has 1 aromatic rings. The zero-order chi connectivity index (χ0) is 8.97. The van der Waals surface area contributed by atoms with Crippen molar-refractivity contribution in [3.63, 3.8) is 0 Å². The molecule has 0 heterocycles. The fourth-order valence-electron chi connectivity index (χ4n) is 1.00. The van der Waals surface area contributed by atoms with E-state index in [0.29, 0.717) is 5.75 Å². The van der Waals surface area contributed by atoms with Crippen LogP contribution in [0.15, 0.2) is 30.3 Å². The van der Waals surface area contributed by atoms with Gasteiger partial charge in [-0.15, -0.1) is 0 Å². The minimum Gasteiger partial charge on any atom is -0.293 e. The van der Waals surface area contributed by atoms with E-state index in [1.54, 1.807) is 0 Å². The van der Waals surface area contributed by atoms with Gasteiger partial charge in [-0.05, 0) is 12.5 Å². The Balaban J connectivity index is 2.66. The normalized spacial score (nSPS) is 11.0. The predicted octanol–water partition coefficient (Wildman–Crippen LogP) is 2.13. The van der Waals surface area contributed by atoms with E-state index < -0.39 is 0 Å². The predicted molar refractivity (Wildman–Crippen MR) is 56.5 cm³/mol. The molecule has 0 aliphatic rings. The Morgan fingerprint density at radius 3 is 2.33 bits per heavy atom. The molecule has 1 rings (SSSR count). The largest absolute Gasteiger partial charge is 0.293 e. The molecule has 0 unspecified atom stereocenters. The van der Waals surface area contributed by atoms with Gasteiger partial charge >= 0.3 is 0 Å². The van der Waals surface area contributed by atoms with E-state index in [1.807, 2.05) is 30.3 Å². The van der Waals surface area contributed by atoms with Crippen molar-refractivity contribution in [2.24, 2.45) is 0 Å². The minimum atomic E-state index is -0.113. The van der Waals surface area contributed by atoms with E-state index in [1.165, 1.54) is 0 Å². The Labute approximate surface area is 76.1 Å². The topological polar surface area (TPSA) is 17.1 Å². The summed E-state index contributed by atoms with van der Waals surface area (Å²) in [4.78, 5) is 11.5. The monoisotopic (exact) mass is 182 g/mol. The molecule has 0 bridgehead atoms. The van der Waals surface area contributed by atoms with Gasteiger partial charge in [-0.2, -0.15) is 0 Å². The van der Waals surface area contributed by atoms with Crippen LogP contribution >= 0.6 is 10.9 Å². The van der Waals surface area contributed by atoms with Crippen LogP contribution in [0.25, 0.3) is 0 Å². The third-order valence-corrected chi connectivity index (χ3v) is 2.48. The van der Waals surface area contributed by atoms with Crippen LogP contribution in [0.4, 0.5) is 0 Å². The fraction of sp³-hybridized carbons (Fsp3) is 0.300. The van der Waals surface area contributed by atoms with E-state index in [0.717, 1.165) is 5.56 Å². The number of ketones is 1. The zero-order valence-corrected chi connectivity index (χ0v) is 8.34. The van der Waals surface area contributed by atoms with Gasteiger partial charge in [-0.3, -0.25) is 15.7 Å². The van der Waals surface area contributed by atoms with Crippen LogP contribution in [0.5, 0.6) is 0 Å². The van der Waals surface area contributed by atoms with E-state index in [-0.39, 0.29) is 16.7 Å². The summed E-state index contributed by atoms with van der Waals surface area (Å²) in [6, 6.07) is 9.49. The Kier molecular flexibility index (Phi) is 3.35. The first kappa shape index (κ1) is 9.33. The molecule has 1 nitrogen and oxygen atoms in total. The van der Waals surface area contributed by atoms with Gasteiger partial charge in [-0.25, -0.2) is 0 Å². The first-order chi connectivity index (χ1) is 5.70. The maximum absolute atomic E-state index is 11.5. The van der Waals surface area contributed by atoms with Crippen molar-refractivity contribution in [2.75, 3.05) is 18.3 Å². The van der Waals surface area contributed by atoms with Crippen molar-refractivity contribution in [1.82, 2.24) is 0 Å². The molecule has 0 saturated carbocycles. The second-order valence-electron chi connectivity index (χ2n) is 3.03. The van der Waals surface area contributed by atoms with Gasteiger partial charge in [0, 0.05) is 11.3 Å². The second-order valence-corrected chi connectivity index (χ2v) is 5.50. The quantitative estimate of drug-likeness (QED) is 0.560. The highest BCUT2D eigenvalue weighted by atomic mass is 32.2. The van der Waals surface area contributed by atoms with Gasteiger partial charge in [-0.1, -0.05) is 30.3 Å². The van der Waals surface area contributed by atoms with E-state index in [4.69, 9.17) is 0 Å². The van der Waals surface area contributed by atoms with E-state index in [2.05, 4.69) is 12.5 Å². The highest BCUT2D eigenvalue weighted by Gasteiger charge is 2.04. The van der Waals surface area contributed by atoms with Gasteiger partial charge < -0.3 is 0 Å². The molecular formula is C10H14OS. The van der Waals surface area contributed by atoms with Crippen LogP contribution in [-0.4, -0.2) is 24.0 Å².